The predicted molar refractivity (Wildman–Crippen MR) is 77.6 cm³/mol. The molecule has 2 rings (SSSR count). The summed E-state index contributed by atoms with van der Waals surface area (Å²) < 4.78 is 5.10. The number of ether oxygens (including phenoxy) is 1. The van der Waals surface area contributed by atoms with E-state index in [1.54, 1.807) is 45.2 Å². The number of nitrogens with one attached hydrogen (secondary N) is 2. The first-order chi connectivity index (χ1) is 9.89. The summed E-state index contributed by atoms with van der Waals surface area (Å²) in [5, 5.41) is 25.7. The number of aliphatic hydroxyl groups is 2. The van der Waals surface area contributed by atoms with E-state index >= 15 is 0 Å². The minimum absolute atomic E-state index is 0.115. The van der Waals surface area contributed by atoms with Crippen LogP contribution in [0.2, 0.25) is 0 Å². The van der Waals surface area contributed by atoms with Gasteiger partial charge in [-0.2, -0.15) is 0 Å². The third-order valence-electron chi connectivity index (χ3n) is 3.64. The standard InChI is InChI=1S/C15H20N2O4/c1-4-15(19,20)12-9(2)16-14(18)17-13(12)10-5-7-11(21-3)8-6-10/h5-8,13,19-20H,4H2,1-3H3,(H2,16,17,18)/t13-/m1/s1. The van der Waals surface area contributed by atoms with Gasteiger partial charge in [0.25, 0.3) is 0 Å². The molecular weight excluding hydrogens is 272 g/mol. The highest BCUT2D eigenvalue weighted by molar-refractivity contribution is 5.79. The van der Waals surface area contributed by atoms with Crippen molar-refractivity contribution in [3.63, 3.8) is 0 Å². The second-order valence-corrected chi connectivity index (χ2v) is 5.01. The number of allylic oxidation sites excluding steroid dienone is 1. The number of hydrogen-bond acceptors (Lipinski definition) is 4. The second-order valence-electron chi connectivity index (χ2n) is 5.01. The van der Waals surface area contributed by atoms with Crippen molar-refractivity contribution in [1.29, 1.82) is 0 Å². The summed E-state index contributed by atoms with van der Waals surface area (Å²) in [5.41, 5.74) is 1.54. The number of hydrogen-bond donors (Lipinski definition) is 4. The Balaban J connectivity index is 2.47. The molecule has 1 atom stereocenters. The van der Waals surface area contributed by atoms with Crippen molar-refractivity contribution in [2.75, 3.05) is 7.11 Å². The van der Waals surface area contributed by atoms with Gasteiger partial charge >= 0.3 is 6.03 Å². The van der Waals surface area contributed by atoms with Crippen LogP contribution in [0.4, 0.5) is 4.79 Å². The molecule has 1 heterocycles. The van der Waals surface area contributed by atoms with Crippen LogP contribution < -0.4 is 15.4 Å². The molecule has 21 heavy (non-hydrogen) atoms. The summed E-state index contributed by atoms with van der Waals surface area (Å²) in [7, 11) is 1.57. The number of methoxy groups -OCH3 is 1. The minimum atomic E-state index is -1.99. The average Bonchev–Trinajstić information content (AvgIpc) is 2.46. The molecule has 0 aromatic heterocycles. The van der Waals surface area contributed by atoms with Gasteiger partial charge in [-0.15, -0.1) is 0 Å². The summed E-state index contributed by atoms with van der Waals surface area (Å²) in [6.07, 6.45) is 0.115. The molecule has 0 spiro atoms. The molecular formula is C15H20N2O4. The summed E-state index contributed by atoms with van der Waals surface area (Å²) in [5.74, 6) is -1.30. The summed E-state index contributed by atoms with van der Waals surface area (Å²) in [6.45, 7) is 3.32. The normalized spacial score (nSPS) is 19.1. The lowest BCUT2D eigenvalue weighted by atomic mass is 9.88. The van der Waals surface area contributed by atoms with Crippen molar-refractivity contribution in [1.82, 2.24) is 10.6 Å². The molecule has 6 nitrogen and oxygen atoms in total. The van der Waals surface area contributed by atoms with Crippen molar-refractivity contribution in [3.8, 4) is 5.75 Å². The lowest BCUT2D eigenvalue weighted by molar-refractivity contribution is -0.135. The fourth-order valence-corrected chi connectivity index (χ4v) is 2.46. The van der Waals surface area contributed by atoms with Crippen molar-refractivity contribution in [3.05, 3.63) is 41.1 Å². The molecule has 1 aliphatic heterocycles. The van der Waals surface area contributed by atoms with Gasteiger partial charge in [-0.3, -0.25) is 0 Å². The molecule has 0 aliphatic carbocycles. The van der Waals surface area contributed by atoms with E-state index in [4.69, 9.17) is 4.74 Å². The highest BCUT2D eigenvalue weighted by Crippen LogP contribution is 2.35. The third-order valence-corrected chi connectivity index (χ3v) is 3.64. The highest BCUT2D eigenvalue weighted by atomic mass is 16.5. The topological polar surface area (TPSA) is 90.8 Å². The first-order valence-corrected chi connectivity index (χ1v) is 6.76. The molecule has 0 bridgehead atoms. The van der Waals surface area contributed by atoms with E-state index in [0.717, 1.165) is 5.56 Å². The van der Waals surface area contributed by atoms with Crippen LogP contribution in [0.15, 0.2) is 35.5 Å². The Kier molecular flexibility index (Phi) is 4.20. The number of carbonyl (C=O) groups excluding carboxylic acids is 1. The highest BCUT2D eigenvalue weighted by Gasteiger charge is 2.38. The van der Waals surface area contributed by atoms with Gasteiger partial charge in [-0.1, -0.05) is 19.1 Å². The van der Waals surface area contributed by atoms with Gasteiger partial charge in [-0.05, 0) is 24.6 Å². The Morgan fingerprint density at radius 1 is 1.29 bits per heavy atom. The van der Waals surface area contributed by atoms with Crippen molar-refractivity contribution in [2.24, 2.45) is 0 Å². The number of rotatable bonds is 4. The second kappa shape index (κ2) is 5.75. The molecule has 0 fully saturated rings. The Morgan fingerprint density at radius 3 is 2.43 bits per heavy atom. The lowest BCUT2D eigenvalue weighted by Crippen LogP contribution is -2.49. The van der Waals surface area contributed by atoms with E-state index in [0.29, 0.717) is 17.0 Å². The lowest BCUT2D eigenvalue weighted by Gasteiger charge is -2.36. The van der Waals surface area contributed by atoms with E-state index in [1.807, 2.05) is 0 Å². The first-order valence-electron chi connectivity index (χ1n) is 6.76. The zero-order valence-electron chi connectivity index (χ0n) is 12.3. The third kappa shape index (κ3) is 3.01. The van der Waals surface area contributed by atoms with E-state index in [2.05, 4.69) is 10.6 Å². The smallest absolute Gasteiger partial charge is 0.319 e. The van der Waals surface area contributed by atoms with E-state index < -0.39 is 11.8 Å². The molecule has 4 N–H and O–H groups in total. The average molecular weight is 292 g/mol. The van der Waals surface area contributed by atoms with E-state index in [9.17, 15) is 15.0 Å². The molecule has 0 saturated heterocycles. The molecule has 1 aromatic carbocycles. The van der Waals surface area contributed by atoms with Crippen LogP contribution in [0.1, 0.15) is 31.9 Å². The first kappa shape index (κ1) is 15.3. The molecule has 0 saturated carbocycles. The number of urea groups is 1. The van der Waals surface area contributed by atoms with Gasteiger partial charge in [0.15, 0.2) is 5.79 Å². The molecule has 6 heteroatoms. The Hall–Kier alpha value is -2.05. The van der Waals surface area contributed by atoms with Crippen molar-refractivity contribution in [2.45, 2.75) is 32.1 Å². The fourth-order valence-electron chi connectivity index (χ4n) is 2.46. The van der Waals surface area contributed by atoms with Crippen LogP contribution in [0, 0.1) is 0 Å². The van der Waals surface area contributed by atoms with Crippen LogP contribution >= 0.6 is 0 Å². The SMILES string of the molecule is CCC(O)(O)C1=C(C)NC(=O)N[C@@H]1c1ccc(OC)cc1. The van der Waals surface area contributed by atoms with Gasteiger partial charge in [0.05, 0.1) is 13.2 Å². The molecule has 2 amide bonds. The van der Waals surface area contributed by atoms with E-state index in [-0.39, 0.29) is 12.5 Å². The minimum Gasteiger partial charge on any atom is -0.497 e. The van der Waals surface area contributed by atoms with Crippen LogP contribution in [0.3, 0.4) is 0 Å². The van der Waals surface area contributed by atoms with Crippen LogP contribution in [-0.4, -0.2) is 29.1 Å². The van der Waals surface area contributed by atoms with Gasteiger partial charge in [-0.25, -0.2) is 4.79 Å². The van der Waals surface area contributed by atoms with Crippen molar-refractivity contribution >= 4 is 6.03 Å². The zero-order valence-corrected chi connectivity index (χ0v) is 12.3. The van der Waals surface area contributed by atoms with Gasteiger partial charge in [0.1, 0.15) is 5.75 Å². The Bertz CT molecular complexity index is 564. The number of carbonyl (C=O) groups is 1. The largest absolute Gasteiger partial charge is 0.497 e. The zero-order chi connectivity index (χ0) is 15.6. The van der Waals surface area contributed by atoms with Crippen LogP contribution in [0.25, 0.3) is 0 Å². The maximum Gasteiger partial charge on any atom is 0.319 e. The van der Waals surface area contributed by atoms with Crippen molar-refractivity contribution < 1.29 is 19.7 Å². The Morgan fingerprint density at radius 2 is 1.90 bits per heavy atom. The molecule has 0 radical (unpaired) electrons. The fraction of sp³-hybridized carbons (Fsp3) is 0.400. The van der Waals surface area contributed by atoms with Gasteiger partial charge < -0.3 is 25.6 Å². The molecule has 1 aromatic rings. The van der Waals surface area contributed by atoms with Gasteiger partial charge in [0.2, 0.25) is 0 Å². The summed E-state index contributed by atoms with van der Waals surface area (Å²) in [6, 6.07) is 6.13. The Labute approximate surface area is 123 Å². The van der Waals surface area contributed by atoms with Crippen LogP contribution in [0.5, 0.6) is 5.75 Å². The maximum absolute atomic E-state index is 11.7. The monoisotopic (exact) mass is 292 g/mol. The van der Waals surface area contributed by atoms with Gasteiger partial charge in [0, 0.05) is 17.7 Å². The molecule has 114 valence electrons. The summed E-state index contributed by atoms with van der Waals surface area (Å²) >= 11 is 0. The molecule has 1 aliphatic rings. The van der Waals surface area contributed by atoms with E-state index in [1.165, 1.54) is 0 Å². The number of benzene rings is 1. The molecule has 0 unspecified atom stereocenters. The number of amides is 2. The quantitative estimate of drug-likeness (QED) is 0.632. The van der Waals surface area contributed by atoms with Crippen LogP contribution in [-0.2, 0) is 0 Å². The maximum atomic E-state index is 11.7. The summed E-state index contributed by atoms with van der Waals surface area (Å²) in [4.78, 5) is 11.7. The predicted octanol–water partition coefficient (Wildman–Crippen LogP) is 1.41.